The smallest absolute Gasteiger partial charge is 0.196 e. The summed E-state index contributed by atoms with van der Waals surface area (Å²) in [7, 11) is 0. The van der Waals surface area contributed by atoms with Crippen molar-refractivity contribution < 1.29 is 0 Å². The van der Waals surface area contributed by atoms with Crippen LogP contribution >= 0.6 is 15.9 Å². The van der Waals surface area contributed by atoms with Gasteiger partial charge in [-0.2, -0.15) is 0 Å². The molecule has 2 aliphatic rings. The minimum atomic E-state index is 0.146. The molecule has 102 valence electrons. The molecule has 0 saturated heterocycles. The van der Waals surface area contributed by atoms with Crippen molar-refractivity contribution in [3.63, 3.8) is 0 Å². The lowest BCUT2D eigenvalue weighted by Crippen LogP contribution is -2.60. The van der Waals surface area contributed by atoms with Crippen LogP contribution in [0.2, 0.25) is 0 Å². The average Bonchev–Trinajstić information content (AvgIpc) is 2.66. The zero-order valence-electron chi connectivity index (χ0n) is 11.4. The van der Waals surface area contributed by atoms with Crippen LogP contribution in [-0.2, 0) is 0 Å². The SMILES string of the molecule is CC(C)C1CC2(CN=C(N)N2c2ccc(Br)cc2)C1. The van der Waals surface area contributed by atoms with E-state index in [0.29, 0.717) is 5.96 Å². The predicted molar refractivity (Wildman–Crippen MR) is 83.4 cm³/mol. The van der Waals surface area contributed by atoms with Gasteiger partial charge < -0.3 is 10.6 Å². The highest BCUT2D eigenvalue weighted by atomic mass is 79.9. The molecule has 2 N–H and O–H groups in total. The third-order valence-corrected chi connectivity index (χ3v) is 5.08. The minimum absolute atomic E-state index is 0.146. The molecular formula is C15H20BrN3. The summed E-state index contributed by atoms with van der Waals surface area (Å²) in [5.74, 6) is 2.22. The van der Waals surface area contributed by atoms with Crippen LogP contribution in [0.5, 0.6) is 0 Å². The molecule has 3 rings (SSSR count). The van der Waals surface area contributed by atoms with Crippen molar-refractivity contribution in [1.29, 1.82) is 0 Å². The Hall–Kier alpha value is -1.03. The van der Waals surface area contributed by atoms with Crippen molar-refractivity contribution in [2.45, 2.75) is 32.2 Å². The Kier molecular flexibility index (Phi) is 3.08. The van der Waals surface area contributed by atoms with Crippen molar-refractivity contribution in [3.05, 3.63) is 28.7 Å². The lowest BCUT2D eigenvalue weighted by atomic mass is 9.63. The van der Waals surface area contributed by atoms with Gasteiger partial charge in [0.05, 0.1) is 12.1 Å². The average molecular weight is 322 g/mol. The summed E-state index contributed by atoms with van der Waals surface area (Å²) < 4.78 is 1.09. The van der Waals surface area contributed by atoms with Crippen LogP contribution in [0.4, 0.5) is 5.69 Å². The molecule has 0 radical (unpaired) electrons. The van der Waals surface area contributed by atoms with E-state index in [0.717, 1.165) is 28.5 Å². The van der Waals surface area contributed by atoms with Gasteiger partial charge in [0.1, 0.15) is 0 Å². The maximum atomic E-state index is 6.12. The molecule has 1 aromatic rings. The van der Waals surface area contributed by atoms with E-state index < -0.39 is 0 Å². The van der Waals surface area contributed by atoms with E-state index in [-0.39, 0.29) is 5.54 Å². The van der Waals surface area contributed by atoms with Gasteiger partial charge >= 0.3 is 0 Å². The number of halogens is 1. The fourth-order valence-corrected chi connectivity index (χ4v) is 3.57. The number of nitrogens with zero attached hydrogens (tertiary/aromatic N) is 2. The first-order valence-electron chi connectivity index (χ1n) is 6.87. The third-order valence-electron chi connectivity index (χ3n) is 4.55. The van der Waals surface area contributed by atoms with E-state index in [9.17, 15) is 0 Å². The number of benzene rings is 1. The Morgan fingerprint density at radius 3 is 2.53 bits per heavy atom. The largest absolute Gasteiger partial charge is 0.369 e. The second-order valence-electron chi connectivity index (χ2n) is 6.12. The van der Waals surface area contributed by atoms with Crippen molar-refractivity contribution >= 4 is 27.6 Å². The summed E-state index contributed by atoms with van der Waals surface area (Å²) in [6, 6.07) is 8.35. The van der Waals surface area contributed by atoms with E-state index in [4.69, 9.17) is 5.73 Å². The third kappa shape index (κ3) is 2.06. The van der Waals surface area contributed by atoms with Crippen LogP contribution in [0.1, 0.15) is 26.7 Å². The number of rotatable bonds is 2. The second kappa shape index (κ2) is 4.51. The Labute approximate surface area is 123 Å². The quantitative estimate of drug-likeness (QED) is 0.907. The van der Waals surface area contributed by atoms with Crippen molar-refractivity contribution in [1.82, 2.24) is 0 Å². The van der Waals surface area contributed by atoms with E-state index in [2.05, 4.69) is 63.9 Å². The molecule has 1 saturated carbocycles. The van der Waals surface area contributed by atoms with Gasteiger partial charge in [-0.15, -0.1) is 0 Å². The number of aliphatic imine (C=N–C) groups is 1. The van der Waals surface area contributed by atoms with Crippen molar-refractivity contribution in [2.75, 3.05) is 11.4 Å². The Balaban J connectivity index is 1.86. The molecule has 1 heterocycles. The number of anilines is 1. The summed E-state index contributed by atoms with van der Waals surface area (Å²) in [5.41, 5.74) is 7.42. The highest BCUT2D eigenvalue weighted by molar-refractivity contribution is 9.10. The molecule has 0 bridgehead atoms. The van der Waals surface area contributed by atoms with E-state index in [1.165, 1.54) is 12.8 Å². The minimum Gasteiger partial charge on any atom is -0.369 e. The lowest BCUT2D eigenvalue weighted by Gasteiger charge is -2.52. The predicted octanol–water partition coefficient (Wildman–Crippen LogP) is 3.39. The summed E-state index contributed by atoms with van der Waals surface area (Å²) in [5, 5.41) is 0. The monoisotopic (exact) mass is 321 g/mol. The first kappa shape index (κ1) is 13.0. The molecule has 4 heteroatoms. The summed E-state index contributed by atoms with van der Waals surface area (Å²) in [4.78, 5) is 6.74. The molecular weight excluding hydrogens is 302 g/mol. The fourth-order valence-electron chi connectivity index (χ4n) is 3.31. The number of hydrogen-bond acceptors (Lipinski definition) is 3. The van der Waals surface area contributed by atoms with E-state index in [1.807, 2.05) is 0 Å². The van der Waals surface area contributed by atoms with Gasteiger partial charge in [0.2, 0.25) is 0 Å². The van der Waals surface area contributed by atoms with Crippen LogP contribution in [0.25, 0.3) is 0 Å². The number of hydrogen-bond donors (Lipinski definition) is 1. The van der Waals surface area contributed by atoms with Crippen molar-refractivity contribution in [2.24, 2.45) is 22.6 Å². The standard InChI is InChI=1S/C15H20BrN3/c1-10(2)11-7-15(8-11)9-18-14(17)19(15)13-5-3-12(16)4-6-13/h3-6,10-11H,7-9H2,1-2H3,(H2,17,18). The molecule has 19 heavy (non-hydrogen) atoms. The molecule has 1 aromatic carbocycles. The Bertz CT molecular complexity index is 501. The molecule has 1 aliphatic carbocycles. The molecule has 1 fully saturated rings. The topological polar surface area (TPSA) is 41.6 Å². The van der Waals surface area contributed by atoms with Gasteiger partial charge in [-0.1, -0.05) is 29.8 Å². The molecule has 0 atom stereocenters. The van der Waals surface area contributed by atoms with Crippen molar-refractivity contribution in [3.8, 4) is 0 Å². The van der Waals surface area contributed by atoms with Gasteiger partial charge in [-0.05, 0) is 48.9 Å². The van der Waals surface area contributed by atoms with E-state index in [1.54, 1.807) is 0 Å². The molecule has 3 nitrogen and oxygen atoms in total. The zero-order chi connectivity index (χ0) is 13.6. The normalized spacial score (nSPS) is 29.8. The maximum absolute atomic E-state index is 6.12. The second-order valence-corrected chi connectivity index (χ2v) is 7.04. The summed E-state index contributed by atoms with van der Waals surface area (Å²) >= 11 is 3.48. The van der Waals surface area contributed by atoms with Crippen LogP contribution in [-0.4, -0.2) is 18.0 Å². The number of nitrogens with two attached hydrogens (primary N) is 1. The van der Waals surface area contributed by atoms with Gasteiger partial charge in [-0.25, -0.2) is 0 Å². The first-order valence-corrected chi connectivity index (χ1v) is 7.67. The van der Waals surface area contributed by atoms with E-state index >= 15 is 0 Å². The molecule has 0 aromatic heterocycles. The Morgan fingerprint density at radius 1 is 1.32 bits per heavy atom. The maximum Gasteiger partial charge on any atom is 0.196 e. The van der Waals surface area contributed by atoms with Crippen LogP contribution in [0, 0.1) is 11.8 Å². The highest BCUT2D eigenvalue weighted by Crippen LogP contribution is 2.49. The van der Waals surface area contributed by atoms with Gasteiger partial charge in [0.25, 0.3) is 0 Å². The highest BCUT2D eigenvalue weighted by Gasteiger charge is 2.53. The first-order chi connectivity index (χ1) is 9.02. The van der Waals surface area contributed by atoms with Crippen LogP contribution < -0.4 is 10.6 Å². The van der Waals surface area contributed by atoms with Crippen LogP contribution in [0.3, 0.4) is 0 Å². The van der Waals surface area contributed by atoms with Gasteiger partial charge in [0, 0.05) is 10.2 Å². The number of guanidine groups is 1. The molecule has 0 unspecified atom stereocenters. The lowest BCUT2D eigenvalue weighted by molar-refractivity contribution is 0.121. The molecule has 1 spiro atoms. The molecule has 1 aliphatic heterocycles. The van der Waals surface area contributed by atoms with Gasteiger partial charge in [0.15, 0.2) is 5.96 Å². The zero-order valence-corrected chi connectivity index (χ0v) is 13.0. The Morgan fingerprint density at radius 2 is 1.95 bits per heavy atom. The van der Waals surface area contributed by atoms with Gasteiger partial charge in [-0.3, -0.25) is 4.99 Å². The fraction of sp³-hybridized carbons (Fsp3) is 0.533. The molecule has 0 amide bonds. The van der Waals surface area contributed by atoms with Crippen LogP contribution in [0.15, 0.2) is 33.7 Å². The summed E-state index contributed by atoms with van der Waals surface area (Å²) in [6.07, 6.45) is 2.40. The summed E-state index contributed by atoms with van der Waals surface area (Å²) in [6.45, 7) is 5.46.